The Kier molecular flexibility index (Phi) is 4.28. The number of rotatable bonds is 4. The lowest BCUT2D eigenvalue weighted by Gasteiger charge is -2.08. The summed E-state index contributed by atoms with van der Waals surface area (Å²) in [7, 11) is 0. The number of amides is 2. The average Bonchev–Trinajstić information content (AvgIpc) is 2.27. The van der Waals surface area contributed by atoms with Crippen LogP contribution in [0.4, 0.5) is 10.5 Å². The minimum Gasteiger partial charge on any atom is -0.447 e. The highest BCUT2D eigenvalue weighted by atomic mass is 16.6. The van der Waals surface area contributed by atoms with E-state index in [1.807, 2.05) is 0 Å². The first kappa shape index (κ1) is 12.0. The van der Waals surface area contributed by atoms with Crippen molar-refractivity contribution in [3.8, 4) is 0 Å². The van der Waals surface area contributed by atoms with E-state index in [0.29, 0.717) is 0 Å². The molecule has 0 heterocycles. The van der Waals surface area contributed by atoms with Crippen molar-refractivity contribution in [2.45, 2.75) is 0 Å². The first-order chi connectivity index (χ1) is 7.65. The molecule has 0 radical (unpaired) electrons. The van der Waals surface area contributed by atoms with E-state index in [2.05, 4.69) is 10.1 Å². The van der Waals surface area contributed by atoms with E-state index in [1.165, 1.54) is 12.1 Å². The zero-order chi connectivity index (χ0) is 12.0. The molecule has 6 nitrogen and oxygen atoms in total. The van der Waals surface area contributed by atoms with Gasteiger partial charge in [0.05, 0.1) is 17.9 Å². The third kappa shape index (κ3) is 3.25. The molecule has 1 aromatic carbocycles. The fourth-order valence-electron chi connectivity index (χ4n) is 1.09. The second kappa shape index (κ2) is 5.72. The van der Waals surface area contributed by atoms with E-state index in [0.717, 1.165) is 0 Å². The monoisotopic (exact) mass is 224 g/mol. The van der Waals surface area contributed by atoms with Crippen LogP contribution < -0.4 is 11.1 Å². The molecule has 0 aromatic heterocycles. The van der Waals surface area contributed by atoms with Gasteiger partial charge in [-0.15, -0.1) is 0 Å². The van der Waals surface area contributed by atoms with Crippen LogP contribution in [0.25, 0.3) is 0 Å². The van der Waals surface area contributed by atoms with Gasteiger partial charge in [-0.3, -0.25) is 10.1 Å². The van der Waals surface area contributed by atoms with Gasteiger partial charge in [-0.2, -0.15) is 0 Å². The minimum absolute atomic E-state index is 0.107. The molecule has 86 valence electrons. The van der Waals surface area contributed by atoms with Crippen LogP contribution in [0.1, 0.15) is 10.4 Å². The van der Waals surface area contributed by atoms with Gasteiger partial charge < -0.3 is 15.6 Å². The summed E-state index contributed by atoms with van der Waals surface area (Å²) < 4.78 is 4.58. The first-order valence-electron chi connectivity index (χ1n) is 4.58. The lowest BCUT2D eigenvalue weighted by Crippen LogP contribution is -2.19. The number of carbonyl (C=O) groups is 2. The van der Waals surface area contributed by atoms with Gasteiger partial charge in [0.1, 0.15) is 6.61 Å². The van der Waals surface area contributed by atoms with E-state index in [9.17, 15) is 9.59 Å². The smallest absolute Gasteiger partial charge is 0.411 e. The van der Waals surface area contributed by atoms with Crippen LogP contribution in [0.2, 0.25) is 0 Å². The Labute approximate surface area is 92.0 Å². The Morgan fingerprint density at radius 1 is 1.38 bits per heavy atom. The van der Waals surface area contributed by atoms with Gasteiger partial charge in [0.25, 0.3) is 5.91 Å². The molecule has 1 rings (SSSR count). The van der Waals surface area contributed by atoms with Crippen molar-refractivity contribution in [3.05, 3.63) is 29.8 Å². The van der Waals surface area contributed by atoms with Gasteiger partial charge in [0.15, 0.2) is 0 Å². The molecule has 0 spiro atoms. The van der Waals surface area contributed by atoms with Crippen molar-refractivity contribution in [1.82, 2.24) is 0 Å². The third-order valence-electron chi connectivity index (χ3n) is 1.75. The molecule has 0 bridgehead atoms. The molecule has 0 aliphatic heterocycles. The largest absolute Gasteiger partial charge is 0.447 e. The van der Waals surface area contributed by atoms with Crippen LogP contribution in [0.5, 0.6) is 0 Å². The van der Waals surface area contributed by atoms with E-state index < -0.39 is 12.0 Å². The maximum Gasteiger partial charge on any atom is 0.411 e. The minimum atomic E-state index is -0.747. The van der Waals surface area contributed by atoms with Gasteiger partial charge in [0.2, 0.25) is 0 Å². The predicted molar refractivity (Wildman–Crippen MR) is 57.0 cm³/mol. The van der Waals surface area contributed by atoms with Crippen molar-refractivity contribution in [1.29, 1.82) is 0 Å². The Hall–Kier alpha value is -2.08. The first-order valence-corrected chi connectivity index (χ1v) is 4.58. The number of benzene rings is 1. The van der Waals surface area contributed by atoms with Gasteiger partial charge in [-0.1, -0.05) is 12.1 Å². The van der Waals surface area contributed by atoms with E-state index >= 15 is 0 Å². The van der Waals surface area contributed by atoms with Crippen molar-refractivity contribution >= 4 is 17.7 Å². The standard InChI is InChI=1S/C10H12N2O4/c11-9(14)7-3-1-2-4-8(7)12-10(15)16-6-5-13/h1-4,13H,5-6H2,(H2,11,14)(H,12,15). The molecule has 4 N–H and O–H groups in total. The Bertz CT molecular complexity index is 392. The number of anilines is 1. The van der Waals surface area contributed by atoms with Crippen molar-refractivity contribution in [3.63, 3.8) is 0 Å². The quantitative estimate of drug-likeness (QED) is 0.685. The summed E-state index contributed by atoms with van der Waals surface area (Å²) >= 11 is 0. The normalized spacial score (nSPS) is 9.56. The maximum absolute atomic E-state index is 11.1. The molecule has 0 atom stereocenters. The molecule has 0 unspecified atom stereocenters. The summed E-state index contributed by atoms with van der Waals surface area (Å²) in [5.41, 5.74) is 5.59. The molecule has 16 heavy (non-hydrogen) atoms. The Balaban J connectivity index is 2.73. The molecule has 0 fully saturated rings. The van der Waals surface area contributed by atoms with Crippen molar-refractivity contribution < 1.29 is 19.4 Å². The molecule has 0 aliphatic carbocycles. The lowest BCUT2D eigenvalue weighted by atomic mass is 10.1. The molecule has 2 amide bonds. The summed E-state index contributed by atoms with van der Waals surface area (Å²) in [6.07, 6.45) is -0.747. The molecule has 6 heteroatoms. The fraction of sp³-hybridized carbons (Fsp3) is 0.200. The topological polar surface area (TPSA) is 102 Å². The Morgan fingerprint density at radius 3 is 2.69 bits per heavy atom. The van der Waals surface area contributed by atoms with Gasteiger partial charge in [0, 0.05) is 0 Å². The molecular formula is C10H12N2O4. The Morgan fingerprint density at radius 2 is 2.06 bits per heavy atom. The average molecular weight is 224 g/mol. The van der Waals surface area contributed by atoms with Gasteiger partial charge >= 0.3 is 6.09 Å². The second-order valence-corrected chi connectivity index (χ2v) is 2.89. The summed E-state index contributed by atoms with van der Waals surface area (Å²) in [6.45, 7) is -0.366. The number of aliphatic hydroxyl groups is 1. The van der Waals surface area contributed by atoms with Gasteiger partial charge in [-0.25, -0.2) is 4.79 Å². The molecule has 0 aliphatic rings. The van der Waals surface area contributed by atoms with Crippen LogP contribution in [-0.4, -0.2) is 30.3 Å². The fourth-order valence-corrected chi connectivity index (χ4v) is 1.09. The third-order valence-corrected chi connectivity index (χ3v) is 1.75. The lowest BCUT2D eigenvalue weighted by molar-refractivity contribution is 0.100. The summed E-state index contributed by atoms with van der Waals surface area (Å²) in [6, 6.07) is 6.29. The highest BCUT2D eigenvalue weighted by Gasteiger charge is 2.10. The predicted octanol–water partition coefficient (Wildman–Crippen LogP) is 0.326. The molecule has 1 aromatic rings. The zero-order valence-electron chi connectivity index (χ0n) is 8.47. The van der Waals surface area contributed by atoms with E-state index in [1.54, 1.807) is 12.1 Å². The van der Waals surface area contributed by atoms with Crippen LogP contribution >= 0.6 is 0 Å². The van der Waals surface area contributed by atoms with Crippen molar-refractivity contribution in [2.24, 2.45) is 5.73 Å². The van der Waals surface area contributed by atoms with Crippen LogP contribution in [-0.2, 0) is 4.74 Å². The number of nitrogens with two attached hydrogens (primary N) is 1. The SMILES string of the molecule is NC(=O)c1ccccc1NC(=O)OCCO. The van der Waals surface area contributed by atoms with E-state index in [-0.39, 0.29) is 24.5 Å². The maximum atomic E-state index is 11.1. The highest BCUT2D eigenvalue weighted by Crippen LogP contribution is 2.14. The van der Waals surface area contributed by atoms with E-state index in [4.69, 9.17) is 10.8 Å². The zero-order valence-corrected chi connectivity index (χ0v) is 8.47. The van der Waals surface area contributed by atoms with Crippen LogP contribution in [0.15, 0.2) is 24.3 Å². The van der Waals surface area contributed by atoms with Gasteiger partial charge in [-0.05, 0) is 12.1 Å². The number of hydrogen-bond donors (Lipinski definition) is 3. The number of aliphatic hydroxyl groups excluding tert-OH is 1. The summed E-state index contributed by atoms with van der Waals surface area (Å²) in [5.74, 6) is -0.641. The van der Waals surface area contributed by atoms with Crippen molar-refractivity contribution in [2.75, 3.05) is 18.5 Å². The second-order valence-electron chi connectivity index (χ2n) is 2.89. The molecule has 0 saturated heterocycles. The number of ether oxygens (including phenoxy) is 1. The summed E-state index contributed by atoms with van der Waals surface area (Å²) in [4.78, 5) is 22.2. The number of hydrogen-bond acceptors (Lipinski definition) is 4. The van der Waals surface area contributed by atoms with Crippen LogP contribution in [0, 0.1) is 0 Å². The highest BCUT2D eigenvalue weighted by molar-refractivity contribution is 6.01. The number of carbonyl (C=O) groups excluding carboxylic acids is 2. The summed E-state index contributed by atoms with van der Waals surface area (Å²) in [5, 5.41) is 10.8. The molecular weight excluding hydrogens is 212 g/mol. The number of nitrogens with one attached hydrogen (secondary N) is 1. The number of para-hydroxylation sites is 1. The number of primary amides is 1. The van der Waals surface area contributed by atoms with Crippen LogP contribution in [0.3, 0.4) is 0 Å². The molecule has 0 saturated carbocycles.